The van der Waals surface area contributed by atoms with Gasteiger partial charge in [-0.2, -0.15) is 0 Å². The van der Waals surface area contributed by atoms with E-state index in [0.717, 1.165) is 27.6 Å². The lowest BCUT2D eigenvalue weighted by atomic mass is 10.1. The molecule has 1 heterocycles. The quantitative estimate of drug-likeness (QED) is 0.743. The Bertz CT molecular complexity index is 993. The maximum Gasteiger partial charge on any atom is 0.240 e. The average molecular weight is 346 g/mol. The number of sulfonamides is 1. The molecule has 24 heavy (non-hydrogen) atoms. The zero-order valence-electron chi connectivity index (χ0n) is 13.6. The Kier molecular flexibility index (Phi) is 4.43. The Balaban J connectivity index is 1.74. The van der Waals surface area contributed by atoms with Gasteiger partial charge >= 0.3 is 0 Å². The van der Waals surface area contributed by atoms with E-state index < -0.39 is 10.0 Å². The molecule has 0 fully saturated rings. The van der Waals surface area contributed by atoms with Crippen molar-refractivity contribution in [1.82, 2.24) is 9.71 Å². The third kappa shape index (κ3) is 3.34. The van der Waals surface area contributed by atoms with Crippen LogP contribution < -0.4 is 4.72 Å². The van der Waals surface area contributed by atoms with Crippen LogP contribution in [0.25, 0.3) is 10.9 Å². The lowest BCUT2D eigenvalue weighted by molar-refractivity contribution is 0.581. The van der Waals surface area contributed by atoms with Crippen LogP contribution in [0.4, 0.5) is 4.39 Å². The predicted molar refractivity (Wildman–Crippen MR) is 93.1 cm³/mol. The number of hydrogen-bond donors (Lipinski definition) is 2. The van der Waals surface area contributed by atoms with Crippen LogP contribution in [0.1, 0.15) is 16.7 Å². The van der Waals surface area contributed by atoms with E-state index in [9.17, 15) is 12.8 Å². The first-order valence-corrected chi connectivity index (χ1v) is 9.17. The number of nitrogens with one attached hydrogen (secondary N) is 2. The van der Waals surface area contributed by atoms with Gasteiger partial charge in [-0.25, -0.2) is 17.5 Å². The zero-order chi connectivity index (χ0) is 17.3. The van der Waals surface area contributed by atoms with Crippen molar-refractivity contribution in [3.63, 3.8) is 0 Å². The zero-order valence-corrected chi connectivity index (χ0v) is 14.4. The molecule has 3 rings (SSSR count). The highest BCUT2D eigenvalue weighted by atomic mass is 32.2. The van der Waals surface area contributed by atoms with Gasteiger partial charge in [0.25, 0.3) is 0 Å². The molecular formula is C18H19FN2O2S. The number of hydrogen-bond acceptors (Lipinski definition) is 2. The second-order valence-corrected chi connectivity index (χ2v) is 7.66. The summed E-state index contributed by atoms with van der Waals surface area (Å²) in [5, 5.41) is 0.778. The molecule has 3 aromatic rings. The third-order valence-electron chi connectivity index (χ3n) is 4.04. The molecule has 2 aromatic carbocycles. The van der Waals surface area contributed by atoms with Crippen LogP contribution in [0.3, 0.4) is 0 Å². The van der Waals surface area contributed by atoms with Crippen molar-refractivity contribution in [3.8, 4) is 0 Å². The first-order chi connectivity index (χ1) is 11.4. The molecule has 0 aliphatic carbocycles. The average Bonchev–Trinajstić information content (AvgIpc) is 2.89. The molecule has 0 aliphatic heterocycles. The van der Waals surface area contributed by atoms with Crippen molar-refractivity contribution in [1.29, 1.82) is 0 Å². The largest absolute Gasteiger partial charge is 0.361 e. The van der Waals surface area contributed by atoms with Crippen LogP contribution in [-0.2, 0) is 16.4 Å². The molecule has 0 saturated carbocycles. The maximum absolute atomic E-state index is 13.4. The van der Waals surface area contributed by atoms with Crippen LogP contribution in [0.5, 0.6) is 0 Å². The van der Waals surface area contributed by atoms with Crippen molar-refractivity contribution in [2.45, 2.75) is 25.2 Å². The van der Waals surface area contributed by atoms with Crippen molar-refractivity contribution < 1.29 is 12.8 Å². The van der Waals surface area contributed by atoms with Gasteiger partial charge < -0.3 is 4.98 Å². The molecule has 0 bridgehead atoms. The number of fused-ring (bicyclic) bond motifs is 1. The number of benzene rings is 2. The number of aromatic nitrogens is 1. The monoisotopic (exact) mass is 346 g/mol. The fourth-order valence-electron chi connectivity index (χ4n) is 2.86. The molecule has 0 amide bonds. The Hall–Kier alpha value is -2.18. The number of aryl methyl sites for hydroxylation is 2. The van der Waals surface area contributed by atoms with Gasteiger partial charge in [0.15, 0.2) is 0 Å². The van der Waals surface area contributed by atoms with Gasteiger partial charge in [-0.05, 0) is 55.7 Å². The van der Waals surface area contributed by atoms with Gasteiger partial charge in [-0.15, -0.1) is 0 Å². The van der Waals surface area contributed by atoms with Gasteiger partial charge in [-0.3, -0.25) is 0 Å². The smallest absolute Gasteiger partial charge is 0.240 e. The summed E-state index contributed by atoms with van der Waals surface area (Å²) in [6.07, 6.45) is 2.27. The number of aromatic amines is 1. The fraction of sp³-hybridized carbons (Fsp3) is 0.222. The van der Waals surface area contributed by atoms with Crippen molar-refractivity contribution >= 4 is 20.9 Å². The Labute approximate surface area is 140 Å². The summed E-state index contributed by atoms with van der Waals surface area (Å²) in [4.78, 5) is 3.36. The van der Waals surface area contributed by atoms with Gasteiger partial charge in [0, 0.05) is 23.6 Å². The summed E-state index contributed by atoms with van der Waals surface area (Å²) in [5.74, 6) is -0.306. The summed E-state index contributed by atoms with van der Waals surface area (Å²) in [5.41, 5.74) is 3.46. The second kappa shape index (κ2) is 6.37. The van der Waals surface area contributed by atoms with E-state index in [-0.39, 0.29) is 17.3 Å². The van der Waals surface area contributed by atoms with Crippen LogP contribution in [-0.4, -0.2) is 19.9 Å². The molecule has 0 atom stereocenters. The molecule has 1 aromatic heterocycles. The third-order valence-corrected chi connectivity index (χ3v) is 5.66. The minimum Gasteiger partial charge on any atom is -0.361 e. The van der Waals surface area contributed by atoms with Crippen molar-refractivity contribution in [2.24, 2.45) is 0 Å². The molecule has 0 radical (unpaired) electrons. The lowest BCUT2D eigenvalue weighted by Crippen LogP contribution is -2.26. The van der Waals surface area contributed by atoms with E-state index in [1.165, 1.54) is 12.1 Å². The van der Waals surface area contributed by atoms with E-state index in [2.05, 4.69) is 9.71 Å². The molecule has 0 aliphatic rings. The van der Waals surface area contributed by atoms with E-state index in [1.807, 2.05) is 13.0 Å². The van der Waals surface area contributed by atoms with Crippen molar-refractivity contribution in [3.05, 3.63) is 65.1 Å². The van der Waals surface area contributed by atoms with Crippen LogP contribution in [0.2, 0.25) is 0 Å². The molecule has 0 unspecified atom stereocenters. The Morgan fingerprint density at radius 2 is 1.92 bits per heavy atom. The van der Waals surface area contributed by atoms with Gasteiger partial charge in [0.1, 0.15) is 5.82 Å². The molecule has 4 nitrogen and oxygen atoms in total. The normalized spacial score (nSPS) is 12.0. The van der Waals surface area contributed by atoms with Gasteiger partial charge in [0.2, 0.25) is 10.0 Å². The van der Waals surface area contributed by atoms with Gasteiger partial charge in [-0.1, -0.05) is 17.7 Å². The molecule has 0 spiro atoms. The highest BCUT2D eigenvalue weighted by Gasteiger charge is 2.16. The highest BCUT2D eigenvalue weighted by Crippen LogP contribution is 2.20. The first-order valence-electron chi connectivity index (χ1n) is 7.69. The molecule has 2 N–H and O–H groups in total. The van der Waals surface area contributed by atoms with Crippen LogP contribution in [0.15, 0.2) is 47.5 Å². The molecule has 0 saturated heterocycles. The number of H-pyrrole nitrogens is 1. The summed E-state index contributed by atoms with van der Waals surface area (Å²) in [6, 6.07) is 9.77. The summed E-state index contributed by atoms with van der Waals surface area (Å²) in [7, 11) is -3.56. The van der Waals surface area contributed by atoms with Crippen molar-refractivity contribution in [2.75, 3.05) is 6.54 Å². The van der Waals surface area contributed by atoms with E-state index in [1.54, 1.807) is 31.3 Å². The first kappa shape index (κ1) is 16.7. The van der Waals surface area contributed by atoms with E-state index >= 15 is 0 Å². The Morgan fingerprint density at radius 1 is 1.12 bits per heavy atom. The number of halogens is 1. The molecule has 6 heteroatoms. The lowest BCUT2D eigenvalue weighted by Gasteiger charge is -2.09. The van der Waals surface area contributed by atoms with Crippen LogP contribution >= 0.6 is 0 Å². The minimum atomic E-state index is -3.56. The minimum absolute atomic E-state index is 0.249. The highest BCUT2D eigenvalue weighted by molar-refractivity contribution is 7.89. The fourth-order valence-corrected chi connectivity index (χ4v) is 4.11. The summed E-state index contributed by atoms with van der Waals surface area (Å²) in [6.45, 7) is 3.95. The van der Waals surface area contributed by atoms with E-state index in [0.29, 0.717) is 6.42 Å². The molecular weight excluding hydrogens is 327 g/mol. The topological polar surface area (TPSA) is 62.0 Å². The SMILES string of the molecule is Cc1ccc(S(=O)(=O)NCCc2c[nH]c3ccc(F)cc23)c(C)c1. The van der Waals surface area contributed by atoms with Crippen LogP contribution in [0, 0.1) is 19.7 Å². The predicted octanol–water partition coefficient (Wildman–Crippen LogP) is 3.44. The van der Waals surface area contributed by atoms with E-state index in [4.69, 9.17) is 0 Å². The molecule has 126 valence electrons. The summed E-state index contributed by atoms with van der Waals surface area (Å²) >= 11 is 0. The summed E-state index contributed by atoms with van der Waals surface area (Å²) < 4.78 is 40.9. The van der Waals surface area contributed by atoms with Gasteiger partial charge in [0.05, 0.1) is 4.90 Å². The standard InChI is InChI=1S/C18H19FN2O2S/c1-12-3-6-18(13(2)9-12)24(22,23)21-8-7-14-11-20-17-5-4-15(19)10-16(14)17/h3-6,9-11,20-21H,7-8H2,1-2H3. The number of rotatable bonds is 5. The second-order valence-electron chi connectivity index (χ2n) is 5.92. The maximum atomic E-state index is 13.4. The Morgan fingerprint density at radius 3 is 2.67 bits per heavy atom.